The average molecular weight is 241 g/mol. The molecule has 1 aliphatic carbocycles. The molecule has 1 fully saturated rings. The Labute approximate surface area is 102 Å². The van der Waals surface area contributed by atoms with Crippen LogP contribution in [0.2, 0.25) is 0 Å². The molecular weight excluding hydrogens is 218 g/mol. The Morgan fingerprint density at radius 2 is 1.94 bits per heavy atom. The van der Waals surface area contributed by atoms with E-state index in [0.717, 1.165) is 32.1 Å². The summed E-state index contributed by atoms with van der Waals surface area (Å²) in [6.45, 7) is 2.64. The Bertz CT molecular complexity index is 281. The lowest BCUT2D eigenvalue weighted by molar-refractivity contribution is -0.128. The largest absolute Gasteiger partial charge is 0.409 e. The molecule has 1 aliphatic rings. The minimum Gasteiger partial charge on any atom is -0.409 e. The molecule has 0 aliphatic heterocycles. The van der Waals surface area contributed by atoms with Crippen molar-refractivity contribution in [3.05, 3.63) is 0 Å². The fourth-order valence-corrected chi connectivity index (χ4v) is 2.44. The summed E-state index contributed by atoms with van der Waals surface area (Å²) in [5, 5.41) is 14.9. The Morgan fingerprint density at radius 3 is 2.41 bits per heavy atom. The van der Waals surface area contributed by atoms with Gasteiger partial charge in [0, 0.05) is 6.54 Å². The predicted molar refractivity (Wildman–Crippen MR) is 66.8 cm³/mol. The number of hydrogen-bond donors (Lipinski definition) is 3. The van der Waals surface area contributed by atoms with Gasteiger partial charge in [-0.15, -0.1) is 0 Å². The maximum absolute atomic E-state index is 12.2. The minimum atomic E-state index is -0.791. The van der Waals surface area contributed by atoms with Crippen molar-refractivity contribution in [1.82, 2.24) is 5.32 Å². The molecule has 0 aromatic carbocycles. The fourth-order valence-electron chi connectivity index (χ4n) is 2.44. The van der Waals surface area contributed by atoms with E-state index in [1.807, 2.05) is 6.92 Å². The summed E-state index contributed by atoms with van der Waals surface area (Å²) in [5.74, 6) is -0.0236. The molecule has 0 bridgehead atoms. The molecule has 0 aromatic heterocycles. The van der Waals surface area contributed by atoms with E-state index in [1.54, 1.807) is 0 Å². The molecule has 0 spiro atoms. The molecule has 0 atom stereocenters. The maximum Gasteiger partial charge on any atom is 0.233 e. The van der Waals surface area contributed by atoms with Crippen molar-refractivity contribution in [3.63, 3.8) is 0 Å². The summed E-state index contributed by atoms with van der Waals surface area (Å²) < 4.78 is 0. The summed E-state index contributed by atoms with van der Waals surface area (Å²) in [6.07, 6.45) is 6.38. The van der Waals surface area contributed by atoms with Gasteiger partial charge in [-0.05, 0) is 19.3 Å². The van der Waals surface area contributed by atoms with Crippen molar-refractivity contribution in [2.24, 2.45) is 16.3 Å². The molecule has 4 N–H and O–H groups in total. The summed E-state index contributed by atoms with van der Waals surface area (Å²) in [6, 6.07) is 0. The van der Waals surface area contributed by atoms with Crippen LogP contribution in [0.5, 0.6) is 0 Å². The molecule has 1 amide bonds. The molecule has 0 radical (unpaired) electrons. The lowest BCUT2D eigenvalue weighted by Gasteiger charge is -2.29. The summed E-state index contributed by atoms with van der Waals surface area (Å²) in [5.41, 5.74) is 4.97. The number of carbonyl (C=O) groups excluding carboxylic acids is 1. The Morgan fingerprint density at radius 1 is 1.35 bits per heavy atom. The van der Waals surface area contributed by atoms with Crippen molar-refractivity contribution in [3.8, 4) is 0 Å². The quantitative estimate of drug-likeness (QED) is 0.230. The molecule has 17 heavy (non-hydrogen) atoms. The van der Waals surface area contributed by atoms with Gasteiger partial charge in [-0.2, -0.15) is 0 Å². The highest BCUT2D eigenvalue weighted by Crippen LogP contribution is 2.35. The van der Waals surface area contributed by atoms with Gasteiger partial charge in [-0.1, -0.05) is 37.8 Å². The van der Waals surface area contributed by atoms with Gasteiger partial charge in [0.25, 0.3) is 0 Å². The van der Waals surface area contributed by atoms with Crippen LogP contribution in [0, 0.1) is 5.41 Å². The molecule has 1 rings (SSSR count). The van der Waals surface area contributed by atoms with Gasteiger partial charge in [0.05, 0.1) is 0 Å². The molecular formula is C12H23N3O2. The number of nitrogens with zero attached hydrogens (tertiary/aromatic N) is 1. The van der Waals surface area contributed by atoms with Crippen LogP contribution in [0.1, 0.15) is 51.9 Å². The molecule has 98 valence electrons. The number of amidine groups is 1. The summed E-state index contributed by atoms with van der Waals surface area (Å²) in [4.78, 5) is 12.2. The molecule has 0 saturated heterocycles. The summed E-state index contributed by atoms with van der Waals surface area (Å²) >= 11 is 0. The van der Waals surface area contributed by atoms with E-state index in [4.69, 9.17) is 10.9 Å². The second kappa shape index (κ2) is 6.47. The number of hydrogen-bond acceptors (Lipinski definition) is 3. The number of carbonyl (C=O) groups is 1. The van der Waals surface area contributed by atoms with Crippen molar-refractivity contribution >= 4 is 11.7 Å². The van der Waals surface area contributed by atoms with E-state index in [1.165, 1.54) is 0 Å². The fraction of sp³-hybridized carbons (Fsp3) is 0.833. The van der Waals surface area contributed by atoms with Crippen LogP contribution in [0.3, 0.4) is 0 Å². The lowest BCUT2D eigenvalue weighted by Crippen LogP contribution is -2.49. The van der Waals surface area contributed by atoms with Crippen LogP contribution >= 0.6 is 0 Å². The lowest BCUT2D eigenvalue weighted by atomic mass is 9.78. The van der Waals surface area contributed by atoms with E-state index in [-0.39, 0.29) is 11.7 Å². The molecule has 0 aromatic rings. The summed E-state index contributed by atoms with van der Waals surface area (Å²) in [7, 11) is 0. The SMILES string of the molecule is CCCNC(=O)C1(C(N)=NO)CCCCCC1. The van der Waals surface area contributed by atoms with Crippen molar-refractivity contribution in [2.45, 2.75) is 51.9 Å². The van der Waals surface area contributed by atoms with Gasteiger partial charge >= 0.3 is 0 Å². The van der Waals surface area contributed by atoms with Gasteiger partial charge in [0.2, 0.25) is 5.91 Å². The van der Waals surface area contributed by atoms with Crippen molar-refractivity contribution in [1.29, 1.82) is 0 Å². The maximum atomic E-state index is 12.2. The first-order chi connectivity index (χ1) is 8.17. The predicted octanol–water partition coefficient (Wildman–Crippen LogP) is 1.60. The zero-order chi connectivity index (χ0) is 12.7. The molecule has 0 heterocycles. The van der Waals surface area contributed by atoms with E-state index >= 15 is 0 Å². The molecule has 5 heteroatoms. The Balaban J connectivity index is 2.87. The smallest absolute Gasteiger partial charge is 0.233 e. The van der Waals surface area contributed by atoms with Gasteiger partial charge in [0.1, 0.15) is 5.41 Å². The first-order valence-electron chi connectivity index (χ1n) is 6.43. The standard InChI is InChI=1S/C12H23N3O2/c1-2-9-14-11(16)12(10(13)15-17)7-5-3-4-6-8-12/h17H,2-9H2,1H3,(H2,13,15)(H,14,16). The third-order valence-electron chi connectivity index (χ3n) is 3.53. The molecule has 5 nitrogen and oxygen atoms in total. The third kappa shape index (κ3) is 3.11. The number of nitrogens with one attached hydrogen (secondary N) is 1. The highest BCUT2D eigenvalue weighted by molar-refractivity contribution is 6.06. The average Bonchev–Trinajstić information content (AvgIpc) is 2.61. The number of oxime groups is 1. The van der Waals surface area contributed by atoms with Crippen LogP contribution < -0.4 is 11.1 Å². The second-order valence-electron chi connectivity index (χ2n) is 4.74. The van der Waals surface area contributed by atoms with Gasteiger partial charge in [0.15, 0.2) is 5.84 Å². The third-order valence-corrected chi connectivity index (χ3v) is 3.53. The van der Waals surface area contributed by atoms with E-state index in [9.17, 15) is 4.79 Å². The van der Waals surface area contributed by atoms with Crippen LogP contribution in [0.25, 0.3) is 0 Å². The number of amides is 1. The minimum absolute atomic E-state index is 0.0630. The molecule has 0 unspecified atom stereocenters. The number of nitrogens with two attached hydrogens (primary N) is 1. The van der Waals surface area contributed by atoms with Gasteiger partial charge in [-0.3, -0.25) is 4.79 Å². The van der Waals surface area contributed by atoms with E-state index in [2.05, 4.69) is 10.5 Å². The monoisotopic (exact) mass is 241 g/mol. The zero-order valence-electron chi connectivity index (χ0n) is 10.5. The Hall–Kier alpha value is -1.26. The number of rotatable bonds is 4. The molecule has 1 saturated carbocycles. The van der Waals surface area contributed by atoms with Crippen LogP contribution in [0.15, 0.2) is 5.16 Å². The first kappa shape index (κ1) is 13.8. The van der Waals surface area contributed by atoms with Crippen LogP contribution in [0.4, 0.5) is 0 Å². The highest BCUT2D eigenvalue weighted by atomic mass is 16.4. The van der Waals surface area contributed by atoms with E-state index in [0.29, 0.717) is 19.4 Å². The van der Waals surface area contributed by atoms with Crippen molar-refractivity contribution < 1.29 is 10.0 Å². The van der Waals surface area contributed by atoms with E-state index < -0.39 is 5.41 Å². The highest BCUT2D eigenvalue weighted by Gasteiger charge is 2.42. The van der Waals surface area contributed by atoms with Gasteiger partial charge in [-0.25, -0.2) is 0 Å². The van der Waals surface area contributed by atoms with Gasteiger partial charge < -0.3 is 16.3 Å². The van der Waals surface area contributed by atoms with Crippen molar-refractivity contribution in [2.75, 3.05) is 6.54 Å². The second-order valence-corrected chi connectivity index (χ2v) is 4.74. The van der Waals surface area contributed by atoms with Crippen LogP contribution in [-0.2, 0) is 4.79 Å². The topological polar surface area (TPSA) is 87.7 Å². The Kier molecular flexibility index (Phi) is 5.25. The normalized spacial score (nSPS) is 20.6. The van der Waals surface area contributed by atoms with Crippen LogP contribution in [-0.4, -0.2) is 23.5 Å². The first-order valence-corrected chi connectivity index (χ1v) is 6.43. The zero-order valence-corrected chi connectivity index (χ0v) is 10.5.